The Morgan fingerprint density at radius 2 is 1.91 bits per heavy atom. The number of primary amides is 1. The summed E-state index contributed by atoms with van der Waals surface area (Å²) < 4.78 is 0. The fourth-order valence-corrected chi connectivity index (χ4v) is 3.71. The molecular weight excluding hydrogens is 294 g/mol. The first-order valence-corrected chi connectivity index (χ1v) is 8.24. The van der Waals surface area contributed by atoms with E-state index in [-0.39, 0.29) is 5.91 Å². The van der Waals surface area contributed by atoms with Gasteiger partial charge < -0.3 is 10.6 Å². The minimum Gasteiger partial charge on any atom is -0.367 e. The van der Waals surface area contributed by atoms with Crippen molar-refractivity contribution >= 4 is 11.8 Å². The fraction of sp³-hybridized carbons (Fsp3) is 0.625. The van der Waals surface area contributed by atoms with Gasteiger partial charge in [0.25, 0.3) is 0 Å². The minimum absolute atomic E-state index is 0.0474. The molecule has 0 spiro atoms. The van der Waals surface area contributed by atoms with E-state index in [1.165, 1.54) is 18.8 Å². The second kappa shape index (κ2) is 6.62. The lowest BCUT2D eigenvalue weighted by Gasteiger charge is -2.36. The van der Waals surface area contributed by atoms with Crippen molar-refractivity contribution in [3.63, 3.8) is 0 Å². The number of nitrogens with zero attached hydrogens (tertiary/aromatic N) is 4. The Bertz CT molecular complexity index is 573. The molecule has 3 heterocycles. The number of rotatable bonds is 4. The van der Waals surface area contributed by atoms with Gasteiger partial charge in [-0.1, -0.05) is 6.42 Å². The molecule has 3 rings (SSSR count). The Morgan fingerprint density at radius 3 is 2.57 bits per heavy atom. The van der Waals surface area contributed by atoms with E-state index in [1.807, 2.05) is 0 Å². The van der Waals surface area contributed by atoms with E-state index >= 15 is 0 Å². The zero-order valence-electron chi connectivity index (χ0n) is 13.3. The summed E-state index contributed by atoms with van der Waals surface area (Å²) in [6, 6.07) is 0. The largest absolute Gasteiger partial charge is 0.367 e. The van der Waals surface area contributed by atoms with Gasteiger partial charge in [0.2, 0.25) is 11.8 Å². The van der Waals surface area contributed by atoms with Crippen LogP contribution in [0.4, 0.5) is 0 Å². The van der Waals surface area contributed by atoms with E-state index in [2.05, 4.69) is 14.9 Å². The van der Waals surface area contributed by atoms with Crippen LogP contribution in [0.1, 0.15) is 37.8 Å². The maximum absolute atomic E-state index is 12.8. The molecule has 1 atom stereocenters. The Morgan fingerprint density at radius 1 is 1.13 bits per heavy atom. The molecule has 23 heavy (non-hydrogen) atoms. The van der Waals surface area contributed by atoms with E-state index in [4.69, 9.17) is 5.73 Å². The lowest BCUT2D eigenvalue weighted by atomic mass is 9.91. The van der Waals surface area contributed by atoms with Crippen LogP contribution in [-0.4, -0.2) is 57.8 Å². The third-order valence-corrected chi connectivity index (χ3v) is 4.88. The van der Waals surface area contributed by atoms with Gasteiger partial charge in [-0.3, -0.25) is 24.5 Å². The summed E-state index contributed by atoms with van der Waals surface area (Å²) in [5.41, 5.74) is 5.03. The van der Waals surface area contributed by atoms with E-state index in [1.54, 1.807) is 11.1 Å². The predicted octanol–water partition coefficient (Wildman–Crippen LogP) is 0.265. The van der Waals surface area contributed by atoms with Crippen molar-refractivity contribution < 1.29 is 9.59 Å². The number of carbonyl (C=O) groups excluding carboxylic acids is 2. The van der Waals surface area contributed by atoms with Gasteiger partial charge in [-0.05, 0) is 38.8 Å². The average molecular weight is 317 g/mol. The molecule has 124 valence electrons. The first-order valence-electron chi connectivity index (χ1n) is 8.24. The summed E-state index contributed by atoms with van der Waals surface area (Å²) >= 11 is 0. The molecule has 2 fully saturated rings. The summed E-state index contributed by atoms with van der Waals surface area (Å²) in [4.78, 5) is 37.2. The highest BCUT2D eigenvalue weighted by Gasteiger charge is 2.51. The average Bonchev–Trinajstić information content (AvgIpc) is 3.03. The van der Waals surface area contributed by atoms with Gasteiger partial charge in [-0.2, -0.15) is 0 Å². The highest BCUT2D eigenvalue weighted by Crippen LogP contribution is 2.37. The molecule has 2 saturated heterocycles. The Hall–Kier alpha value is -2.02. The van der Waals surface area contributed by atoms with Gasteiger partial charge in [0, 0.05) is 18.9 Å². The Labute approximate surface area is 135 Å². The number of piperidine rings is 1. The lowest BCUT2D eigenvalue weighted by Crippen LogP contribution is -2.56. The molecule has 2 aliphatic heterocycles. The molecule has 1 aromatic heterocycles. The first kappa shape index (κ1) is 15.9. The molecule has 0 bridgehead atoms. The SMILES string of the molecule is NC(=O)C1(c2cnccn2)CCCN1C(=O)CN1CCCCC1. The summed E-state index contributed by atoms with van der Waals surface area (Å²) in [6.07, 6.45) is 9.34. The van der Waals surface area contributed by atoms with Gasteiger partial charge in [-0.15, -0.1) is 0 Å². The first-order chi connectivity index (χ1) is 11.1. The second-order valence-electron chi connectivity index (χ2n) is 6.30. The number of aromatic nitrogens is 2. The lowest BCUT2D eigenvalue weighted by molar-refractivity contribution is -0.145. The fourth-order valence-electron chi connectivity index (χ4n) is 3.71. The van der Waals surface area contributed by atoms with Crippen LogP contribution in [0.2, 0.25) is 0 Å². The maximum Gasteiger partial charge on any atom is 0.249 e. The van der Waals surface area contributed by atoms with Crippen molar-refractivity contribution in [2.75, 3.05) is 26.2 Å². The number of hydrogen-bond donors (Lipinski definition) is 1. The van der Waals surface area contributed by atoms with Crippen molar-refractivity contribution in [1.29, 1.82) is 0 Å². The van der Waals surface area contributed by atoms with E-state index in [9.17, 15) is 9.59 Å². The van der Waals surface area contributed by atoms with Gasteiger partial charge in [0.05, 0.1) is 18.4 Å². The normalized spacial score (nSPS) is 25.5. The smallest absolute Gasteiger partial charge is 0.249 e. The molecule has 0 radical (unpaired) electrons. The number of nitrogens with two attached hydrogens (primary N) is 1. The van der Waals surface area contributed by atoms with Crippen LogP contribution in [0.25, 0.3) is 0 Å². The van der Waals surface area contributed by atoms with E-state index < -0.39 is 11.4 Å². The quantitative estimate of drug-likeness (QED) is 0.860. The van der Waals surface area contributed by atoms with Crippen molar-refractivity contribution in [2.45, 2.75) is 37.6 Å². The number of carbonyl (C=O) groups is 2. The third kappa shape index (κ3) is 2.93. The molecule has 2 amide bonds. The molecule has 2 aliphatic rings. The number of hydrogen-bond acceptors (Lipinski definition) is 5. The molecule has 0 aliphatic carbocycles. The van der Waals surface area contributed by atoms with Crippen LogP contribution in [0.3, 0.4) is 0 Å². The summed E-state index contributed by atoms with van der Waals surface area (Å²) in [5.74, 6) is -0.573. The van der Waals surface area contributed by atoms with Crippen LogP contribution in [0, 0.1) is 0 Å². The van der Waals surface area contributed by atoms with Crippen LogP contribution < -0.4 is 5.73 Å². The maximum atomic E-state index is 12.8. The summed E-state index contributed by atoms with van der Waals surface area (Å²) in [6.45, 7) is 2.75. The van der Waals surface area contributed by atoms with Crippen LogP contribution >= 0.6 is 0 Å². The van der Waals surface area contributed by atoms with E-state index in [0.717, 1.165) is 32.4 Å². The van der Waals surface area contributed by atoms with Gasteiger partial charge in [-0.25, -0.2) is 0 Å². The molecule has 7 nitrogen and oxygen atoms in total. The third-order valence-electron chi connectivity index (χ3n) is 4.88. The molecule has 1 aromatic rings. The highest BCUT2D eigenvalue weighted by atomic mass is 16.2. The molecular formula is C16H23N5O2. The number of likely N-dealkylation sites (tertiary alicyclic amines) is 2. The van der Waals surface area contributed by atoms with Crippen LogP contribution in [0.15, 0.2) is 18.6 Å². The van der Waals surface area contributed by atoms with E-state index in [0.29, 0.717) is 25.2 Å². The Kier molecular flexibility index (Phi) is 4.56. The van der Waals surface area contributed by atoms with Crippen LogP contribution in [0.5, 0.6) is 0 Å². The van der Waals surface area contributed by atoms with Crippen molar-refractivity contribution in [2.24, 2.45) is 5.73 Å². The standard InChI is InChI=1S/C16H23N5O2/c17-15(23)16(13-11-18-6-7-19-13)5-4-10-21(16)14(22)12-20-8-2-1-3-9-20/h6-7,11H,1-5,8-10,12H2,(H2,17,23). The molecule has 7 heteroatoms. The summed E-state index contributed by atoms with van der Waals surface area (Å²) in [5, 5.41) is 0. The van der Waals surface area contributed by atoms with Gasteiger partial charge in [0.15, 0.2) is 5.54 Å². The Balaban J connectivity index is 1.84. The predicted molar refractivity (Wildman–Crippen MR) is 84.1 cm³/mol. The van der Waals surface area contributed by atoms with Gasteiger partial charge in [0.1, 0.15) is 0 Å². The van der Waals surface area contributed by atoms with Crippen molar-refractivity contribution in [1.82, 2.24) is 19.8 Å². The molecule has 2 N–H and O–H groups in total. The zero-order chi connectivity index (χ0) is 16.3. The molecule has 1 unspecified atom stereocenters. The molecule has 0 saturated carbocycles. The summed E-state index contributed by atoms with van der Waals surface area (Å²) in [7, 11) is 0. The topological polar surface area (TPSA) is 92.4 Å². The highest BCUT2D eigenvalue weighted by molar-refractivity contribution is 5.92. The zero-order valence-corrected chi connectivity index (χ0v) is 13.3. The number of amides is 2. The van der Waals surface area contributed by atoms with Crippen molar-refractivity contribution in [3.8, 4) is 0 Å². The van der Waals surface area contributed by atoms with Gasteiger partial charge >= 0.3 is 0 Å². The molecule has 0 aromatic carbocycles. The minimum atomic E-state index is -1.15. The second-order valence-corrected chi connectivity index (χ2v) is 6.30. The monoisotopic (exact) mass is 317 g/mol. The van der Waals surface area contributed by atoms with Crippen molar-refractivity contribution in [3.05, 3.63) is 24.3 Å². The van der Waals surface area contributed by atoms with Crippen LogP contribution in [-0.2, 0) is 15.1 Å².